The van der Waals surface area contributed by atoms with Crippen LogP contribution in [0.2, 0.25) is 0 Å². The molecule has 0 amide bonds. The number of hydrogen-bond donors (Lipinski definition) is 2. The first-order valence-electron chi connectivity index (χ1n) is 3.90. The molecule has 0 aliphatic carbocycles. The molecule has 0 aromatic heterocycles. The summed E-state index contributed by atoms with van der Waals surface area (Å²) in [6, 6.07) is 7.81. The summed E-state index contributed by atoms with van der Waals surface area (Å²) in [4.78, 5) is 1.08. The Hall–Kier alpha value is -0.0300. The minimum atomic E-state index is -0.642. The van der Waals surface area contributed by atoms with Gasteiger partial charge in [0.1, 0.15) is 0 Å². The molecule has 1 rings (SSSR count). The first-order chi connectivity index (χ1) is 6.24. The summed E-state index contributed by atoms with van der Waals surface area (Å²) in [6.07, 6.45) is -0.642. The van der Waals surface area contributed by atoms with Gasteiger partial charge in [-0.2, -0.15) is 0 Å². The lowest BCUT2D eigenvalue weighted by molar-refractivity contribution is 0.113. The van der Waals surface area contributed by atoms with Crippen LogP contribution in [0, 0.1) is 0 Å². The predicted octanol–water partition coefficient (Wildman–Crippen LogP) is 1.89. The van der Waals surface area contributed by atoms with E-state index < -0.39 is 6.10 Å². The Labute approximate surface area is 90.1 Å². The van der Waals surface area contributed by atoms with E-state index in [1.54, 1.807) is 0 Å². The maximum Gasteiger partial charge on any atom is 0.0864 e. The van der Waals surface area contributed by atoms with Crippen LogP contribution >= 0.6 is 27.7 Å². The van der Waals surface area contributed by atoms with Gasteiger partial charge in [-0.05, 0) is 28.1 Å². The van der Waals surface area contributed by atoms with Crippen molar-refractivity contribution in [2.45, 2.75) is 11.0 Å². The predicted molar refractivity (Wildman–Crippen MR) is 58.0 cm³/mol. The Morgan fingerprint density at radius 1 is 1.38 bits per heavy atom. The molecule has 0 bridgehead atoms. The maximum absolute atomic E-state index is 9.12. The van der Waals surface area contributed by atoms with Crippen LogP contribution in [0.25, 0.3) is 0 Å². The average molecular weight is 263 g/mol. The van der Waals surface area contributed by atoms with Crippen molar-refractivity contribution < 1.29 is 10.2 Å². The third-order valence-electron chi connectivity index (χ3n) is 1.48. The highest BCUT2D eigenvalue weighted by molar-refractivity contribution is 9.10. The van der Waals surface area contributed by atoms with E-state index >= 15 is 0 Å². The zero-order chi connectivity index (χ0) is 9.68. The van der Waals surface area contributed by atoms with E-state index in [1.165, 1.54) is 11.8 Å². The summed E-state index contributed by atoms with van der Waals surface area (Å²) in [5, 5.41) is 17.7. The number of benzene rings is 1. The Balaban J connectivity index is 2.50. The van der Waals surface area contributed by atoms with E-state index in [9.17, 15) is 0 Å². The van der Waals surface area contributed by atoms with Crippen LogP contribution in [0.5, 0.6) is 0 Å². The number of aliphatic hydroxyl groups is 2. The first kappa shape index (κ1) is 11.0. The van der Waals surface area contributed by atoms with Gasteiger partial charge in [-0.25, -0.2) is 0 Å². The van der Waals surface area contributed by atoms with Crippen molar-refractivity contribution in [2.24, 2.45) is 0 Å². The van der Waals surface area contributed by atoms with Crippen LogP contribution in [0.15, 0.2) is 33.6 Å². The van der Waals surface area contributed by atoms with Crippen LogP contribution in [-0.4, -0.2) is 28.7 Å². The second-order valence-electron chi connectivity index (χ2n) is 2.58. The molecule has 2 nitrogen and oxygen atoms in total. The SMILES string of the molecule is OCC(O)CSc1ccccc1Br. The van der Waals surface area contributed by atoms with E-state index in [0.717, 1.165) is 9.37 Å². The Morgan fingerprint density at radius 3 is 2.69 bits per heavy atom. The lowest BCUT2D eigenvalue weighted by Crippen LogP contribution is -2.14. The molecule has 0 aliphatic heterocycles. The van der Waals surface area contributed by atoms with Gasteiger partial charge in [0, 0.05) is 15.1 Å². The average Bonchev–Trinajstić information content (AvgIpc) is 2.16. The number of halogens is 1. The monoisotopic (exact) mass is 262 g/mol. The van der Waals surface area contributed by atoms with Gasteiger partial charge in [-0.1, -0.05) is 12.1 Å². The quantitative estimate of drug-likeness (QED) is 0.815. The molecule has 1 aromatic rings. The van der Waals surface area contributed by atoms with Gasteiger partial charge in [-0.3, -0.25) is 0 Å². The van der Waals surface area contributed by atoms with E-state index in [2.05, 4.69) is 15.9 Å². The molecule has 0 heterocycles. The summed E-state index contributed by atoms with van der Waals surface area (Å²) in [5.74, 6) is 0.513. The van der Waals surface area contributed by atoms with Crippen molar-refractivity contribution in [1.29, 1.82) is 0 Å². The van der Waals surface area contributed by atoms with Crippen molar-refractivity contribution in [1.82, 2.24) is 0 Å². The van der Waals surface area contributed by atoms with Crippen molar-refractivity contribution in [3.63, 3.8) is 0 Å². The van der Waals surface area contributed by atoms with Crippen LogP contribution in [0.1, 0.15) is 0 Å². The fourth-order valence-electron chi connectivity index (χ4n) is 0.800. The van der Waals surface area contributed by atoms with Crippen LogP contribution in [-0.2, 0) is 0 Å². The lowest BCUT2D eigenvalue weighted by Gasteiger charge is -2.07. The molecule has 0 saturated carbocycles. The topological polar surface area (TPSA) is 40.5 Å². The molecule has 1 atom stereocenters. The maximum atomic E-state index is 9.12. The zero-order valence-electron chi connectivity index (χ0n) is 6.98. The summed E-state index contributed by atoms with van der Waals surface area (Å²) >= 11 is 4.93. The molecule has 1 unspecified atom stereocenters. The number of thioether (sulfide) groups is 1. The smallest absolute Gasteiger partial charge is 0.0864 e. The van der Waals surface area contributed by atoms with E-state index in [4.69, 9.17) is 10.2 Å². The van der Waals surface area contributed by atoms with Gasteiger partial charge < -0.3 is 10.2 Å². The molecular weight excluding hydrogens is 252 g/mol. The van der Waals surface area contributed by atoms with Gasteiger partial charge >= 0.3 is 0 Å². The van der Waals surface area contributed by atoms with Crippen molar-refractivity contribution in [2.75, 3.05) is 12.4 Å². The highest BCUT2D eigenvalue weighted by atomic mass is 79.9. The molecule has 72 valence electrons. The Bertz CT molecular complexity index is 268. The molecule has 4 heteroatoms. The number of aliphatic hydroxyl groups excluding tert-OH is 2. The second-order valence-corrected chi connectivity index (χ2v) is 4.49. The molecule has 0 radical (unpaired) electrons. The number of hydrogen-bond acceptors (Lipinski definition) is 3. The van der Waals surface area contributed by atoms with Crippen molar-refractivity contribution >= 4 is 27.7 Å². The van der Waals surface area contributed by atoms with E-state index in [1.807, 2.05) is 24.3 Å². The van der Waals surface area contributed by atoms with Gasteiger partial charge in [0.15, 0.2) is 0 Å². The first-order valence-corrected chi connectivity index (χ1v) is 5.68. The van der Waals surface area contributed by atoms with Crippen molar-refractivity contribution in [3.8, 4) is 0 Å². The third kappa shape index (κ3) is 3.68. The largest absolute Gasteiger partial charge is 0.394 e. The standard InChI is InChI=1S/C9H11BrO2S/c10-8-3-1-2-4-9(8)13-6-7(12)5-11/h1-4,7,11-12H,5-6H2. The van der Waals surface area contributed by atoms with Gasteiger partial charge in [-0.15, -0.1) is 11.8 Å². The summed E-state index contributed by atoms with van der Waals surface area (Å²) < 4.78 is 1.02. The van der Waals surface area contributed by atoms with Gasteiger partial charge in [0.05, 0.1) is 12.7 Å². The molecule has 0 aliphatic rings. The third-order valence-corrected chi connectivity index (χ3v) is 3.65. The zero-order valence-corrected chi connectivity index (χ0v) is 9.38. The van der Waals surface area contributed by atoms with Crippen LogP contribution < -0.4 is 0 Å². The molecule has 0 fully saturated rings. The highest BCUT2D eigenvalue weighted by Crippen LogP contribution is 2.27. The summed E-state index contributed by atoms with van der Waals surface area (Å²) in [6.45, 7) is -0.183. The van der Waals surface area contributed by atoms with E-state index in [-0.39, 0.29) is 6.61 Å². The van der Waals surface area contributed by atoms with Gasteiger partial charge in [0.2, 0.25) is 0 Å². The molecular formula is C9H11BrO2S. The normalized spacial score (nSPS) is 12.8. The second kappa shape index (κ2) is 5.65. The Morgan fingerprint density at radius 2 is 2.08 bits per heavy atom. The fraction of sp³-hybridized carbons (Fsp3) is 0.333. The lowest BCUT2D eigenvalue weighted by atomic mass is 10.4. The molecule has 13 heavy (non-hydrogen) atoms. The van der Waals surface area contributed by atoms with E-state index in [0.29, 0.717) is 5.75 Å². The summed E-state index contributed by atoms with van der Waals surface area (Å²) in [5.41, 5.74) is 0. The number of rotatable bonds is 4. The van der Waals surface area contributed by atoms with Crippen LogP contribution in [0.4, 0.5) is 0 Å². The fourth-order valence-corrected chi connectivity index (χ4v) is 2.29. The van der Waals surface area contributed by atoms with Crippen LogP contribution in [0.3, 0.4) is 0 Å². The minimum absolute atomic E-state index is 0.183. The van der Waals surface area contributed by atoms with Crippen molar-refractivity contribution in [3.05, 3.63) is 28.7 Å². The molecule has 2 N–H and O–H groups in total. The molecule has 1 aromatic carbocycles. The summed E-state index contributed by atoms with van der Waals surface area (Å²) in [7, 11) is 0. The molecule has 0 spiro atoms. The highest BCUT2D eigenvalue weighted by Gasteiger charge is 2.04. The minimum Gasteiger partial charge on any atom is -0.394 e. The Kier molecular flexibility index (Phi) is 4.80. The van der Waals surface area contributed by atoms with Gasteiger partial charge in [0.25, 0.3) is 0 Å². The molecule has 0 saturated heterocycles.